The maximum absolute atomic E-state index is 13.2. The first-order chi connectivity index (χ1) is 15.5. The highest BCUT2D eigenvalue weighted by Gasteiger charge is 2.35. The Kier molecular flexibility index (Phi) is 7.09. The predicted molar refractivity (Wildman–Crippen MR) is 134 cm³/mol. The third-order valence-corrected chi connectivity index (χ3v) is 10.8. The fraction of sp³-hybridized carbons (Fsp3) is 0.409. The lowest BCUT2D eigenvalue weighted by Crippen LogP contribution is -2.48. The van der Waals surface area contributed by atoms with Crippen molar-refractivity contribution in [2.45, 2.75) is 44.2 Å². The molecule has 0 saturated carbocycles. The van der Waals surface area contributed by atoms with Crippen LogP contribution in [0.1, 0.15) is 29.7 Å². The maximum Gasteiger partial charge on any atom is 0.243 e. The summed E-state index contributed by atoms with van der Waals surface area (Å²) in [5.74, 6) is 0. The Hall–Kier alpha value is -1.63. The molecule has 1 fully saturated rings. The van der Waals surface area contributed by atoms with Gasteiger partial charge in [-0.25, -0.2) is 21.8 Å². The van der Waals surface area contributed by atoms with Crippen LogP contribution in [0.15, 0.2) is 46.0 Å². The summed E-state index contributed by atoms with van der Waals surface area (Å²) in [6.45, 7) is 4.51. The Bertz CT molecular complexity index is 1300. The van der Waals surface area contributed by atoms with Gasteiger partial charge in [0.2, 0.25) is 20.0 Å². The standard InChI is InChI=1S/C22H27N3O4S4/c1-16-11-17(2)13-20(12-16)33(28,29)24-8-6-19(7-9-24)25(32(3,26)27)14-18-15-31-22(23-18)21-5-4-10-30-21/h4-5,10-13,15,19H,6-9,14H2,1-3H3. The average Bonchev–Trinajstić information content (AvgIpc) is 3.42. The van der Waals surface area contributed by atoms with Crippen molar-refractivity contribution >= 4 is 42.7 Å². The largest absolute Gasteiger partial charge is 0.243 e. The van der Waals surface area contributed by atoms with Crippen LogP contribution in [0, 0.1) is 13.8 Å². The number of aromatic nitrogens is 1. The Labute approximate surface area is 203 Å². The minimum absolute atomic E-state index is 0.190. The molecule has 3 aromatic rings. The molecule has 1 aromatic carbocycles. The molecule has 0 unspecified atom stereocenters. The molecule has 2 aromatic heterocycles. The second kappa shape index (κ2) is 9.55. The molecule has 11 heteroatoms. The SMILES string of the molecule is Cc1cc(C)cc(S(=O)(=O)N2CCC(N(Cc3csc(-c4cccs4)n3)S(C)(=O)=O)CC2)c1. The van der Waals surface area contributed by atoms with Gasteiger partial charge in [-0.3, -0.25) is 0 Å². The first-order valence-corrected chi connectivity index (χ1v) is 15.6. The average molecular weight is 526 g/mol. The second-order valence-corrected chi connectivity index (χ2v) is 14.1. The van der Waals surface area contributed by atoms with E-state index in [1.807, 2.05) is 42.8 Å². The number of hydrogen-bond donors (Lipinski definition) is 0. The zero-order chi connectivity index (χ0) is 23.8. The van der Waals surface area contributed by atoms with Gasteiger partial charge >= 0.3 is 0 Å². The van der Waals surface area contributed by atoms with Gasteiger partial charge in [-0.15, -0.1) is 22.7 Å². The number of rotatable bonds is 7. The normalized spacial score (nSPS) is 16.5. The molecule has 0 aliphatic carbocycles. The number of hydrogen-bond acceptors (Lipinski definition) is 7. The summed E-state index contributed by atoms with van der Waals surface area (Å²) >= 11 is 3.10. The van der Waals surface area contributed by atoms with Crippen LogP contribution in [0.4, 0.5) is 0 Å². The fourth-order valence-electron chi connectivity index (χ4n) is 4.17. The minimum atomic E-state index is -3.62. The van der Waals surface area contributed by atoms with Crippen molar-refractivity contribution in [3.63, 3.8) is 0 Å². The van der Waals surface area contributed by atoms with Gasteiger partial charge in [-0.05, 0) is 61.4 Å². The monoisotopic (exact) mass is 525 g/mol. The second-order valence-electron chi connectivity index (χ2n) is 8.39. The van der Waals surface area contributed by atoms with Crippen LogP contribution in [0.2, 0.25) is 0 Å². The number of aryl methyl sites for hydroxylation is 2. The van der Waals surface area contributed by atoms with Crippen LogP contribution in [-0.4, -0.2) is 55.8 Å². The molecule has 0 radical (unpaired) electrons. The molecule has 3 heterocycles. The van der Waals surface area contributed by atoms with Crippen molar-refractivity contribution in [2.75, 3.05) is 19.3 Å². The van der Waals surface area contributed by atoms with E-state index in [0.29, 0.717) is 23.4 Å². The highest BCUT2D eigenvalue weighted by molar-refractivity contribution is 7.89. The molecular formula is C22H27N3O4S4. The molecule has 7 nitrogen and oxygen atoms in total. The summed E-state index contributed by atoms with van der Waals surface area (Å²) in [4.78, 5) is 5.98. The van der Waals surface area contributed by atoms with Crippen LogP contribution in [0.25, 0.3) is 9.88 Å². The van der Waals surface area contributed by atoms with E-state index >= 15 is 0 Å². The van der Waals surface area contributed by atoms with Gasteiger partial charge in [0.1, 0.15) is 5.01 Å². The zero-order valence-electron chi connectivity index (χ0n) is 18.8. The number of thiophene rings is 1. The topological polar surface area (TPSA) is 87.7 Å². The molecule has 0 bridgehead atoms. The number of sulfonamides is 2. The van der Waals surface area contributed by atoms with Gasteiger partial charge in [0.15, 0.2) is 0 Å². The summed E-state index contributed by atoms with van der Waals surface area (Å²) in [5, 5.41) is 4.76. The molecule has 0 atom stereocenters. The Morgan fingerprint density at radius 2 is 1.73 bits per heavy atom. The molecule has 33 heavy (non-hydrogen) atoms. The molecule has 1 saturated heterocycles. The van der Waals surface area contributed by atoms with Crippen molar-refractivity contribution < 1.29 is 16.8 Å². The molecule has 1 aliphatic rings. The van der Waals surface area contributed by atoms with Gasteiger partial charge < -0.3 is 0 Å². The molecule has 0 N–H and O–H groups in total. The van der Waals surface area contributed by atoms with Gasteiger partial charge in [-0.1, -0.05) is 12.1 Å². The Balaban J connectivity index is 1.48. The zero-order valence-corrected chi connectivity index (χ0v) is 22.0. The van der Waals surface area contributed by atoms with E-state index in [9.17, 15) is 16.8 Å². The van der Waals surface area contributed by atoms with Crippen LogP contribution in [0.5, 0.6) is 0 Å². The van der Waals surface area contributed by atoms with Crippen molar-refractivity contribution in [3.8, 4) is 9.88 Å². The lowest BCUT2D eigenvalue weighted by Gasteiger charge is -2.36. The summed E-state index contributed by atoms with van der Waals surface area (Å²) in [6, 6.07) is 9.00. The van der Waals surface area contributed by atoms with E-state index in [4.69, 9.17) is 0 Å². The van der Waals surface area contributed by atoms with Crippen LogP contribution in [-0.2, 0) is 26.6 Å². The molecule has 4 rings (SSSR count). The van der Waals surface area contributed by atoms with Crippen molar-refractivity contribution in [3.05, 3.63) is 57.9 Å². The van der Waals surface area contributed by atoms with E-state index in [2.05, 4.69) is 4.98 Å². The number of piperidine rings is 1. The fourth-order valence-corrected chi connectivity index (χ4v) is 8.57. The lowest BCUT2D eigenvalue weighted by molar-refractivity contribution is 0.212. The Morgan fingerprint density at radius 3 is 2.30 bits per heavy atom. The van der Waals surface area contributed by atoms with Gasteiger partial charge in [-0.2, -0.15) is 8.61 Å². The van der Waals surface area contributed by atoms with Crippen LogP contribution < -0.4 is 0 Å². The van der Waals surface area contributed by atoms with E-state index in [1.165, 1.54) is 26.2 Å². The van der Waals surface area contributed by atoms with Crippen molar-refractivity contribution in [2.24, 2.45) is 0 Å². The summed E-state index contributed by atoms with van der Waals surface area (Å²) < 4.78 is 54.5. The lowest BCUT2D eigenvalue weighted by atomic mass is 10.1. The molecule has 1 aliphatic heterocycles. The van der Waals surface area contributed by atoms with Crippen molar-refractivity contribution in [1.82, 2.24) is 13.6 Å². The van der Waals surface area contributed by atoms with Gasteiger partial charge in [0, 0.05) is 24.5 Å². The number of nitrogens with zero attached hydrogens (tertiary/aromatic N) is 3. The highest BCUT2D eigenvalue weighted by Crippen LogP contribution is 2.30. The van der Waals surface area contributed by atoms with E-state index in [1.54, 1.807) is 23.5 Å². The van der Waals surface area contributed by atoms with E-state index in [-0.39, 0.29) is 25.7 Å². The summed E-state index contributed by atoms with van der Waals surface area (Å²) in [6.07, 6.45) is 2.09. The summed E-state index contributed by atoms with van der Waals surface area (Å²) in [7, 11) is -7.11. The quantitative estimate of drug-likeness (QED) is 0.463. The molecule has 0 amide bonds. The first kappa shape index (κ1) is 24.5. The summed E-state index contributed by atoms with van der Waals surface area (Å²) in [5.41, 5.74) is 2.51. The molecule has 0 spiro atoms. The smallest absolute Gasteiger partial charge is 0.239 e. The highest BCUT2D eigenvalue weighted by atomic mass is 32.2. The van der Waals surface area contributed by atoms with Crippen LogP contribution in [0.3, 0.4) is 0 Å². The first-order valence-electron chi connectivity index (χ1n) is 10.6. The van der Waals surface area contributed by atoms with E-state index in [0.717, 1.165) is 21.0 Å². The number of thiazole rings is 1. The van der Waals surface area contributed by atoms with Crippen LogP contribution >= 0.6 is 22.7 Å². The van der Waals surface area contributed by atoms with Gasteiger partial charge in [0.05, 0.1) is 28.3 Å². The molecule has 178 valence electrons. The third kappa shape index (κ3) is 5.55. The maximum atomic E-state index is 13.2. The van der Waals surface area contributed by atoms with Gasteiger partial charge in [0.25, 0.3) is 0 Å². The minimum Gasteiger partial charge on any atom is -0.239 e. The molecular weight excluding hydrogens is 499 g/mol. The third-order valence-electron chi connectivity index (χ3n) is 5.69. The van der Waals surface area contributed by atoms with E-state index < -0.39 is 20.0 Å². The number of benzene rings is 1. The van der Waals surface area contributed by atoms with Crippen molar-refractivity contribution in [1.29, 1.82) is 0 Å². The Morgan fingerprint density at radius 1 is 1.06 bits per heavy atom. The predicted octanol–water partition coefficient (Wildman–Crippen LogP) is 4.10.